The van der Waals surface area contributed by atoms with Crippen LogP contribution in [-0.4, -0.2) is 18.9 Å². The lowest BCUT2D eigenvalue weighted by Crippen LogP contribution is -2.16. The van der Waals surface area contributed by atoms with Gasteiger partial charge >= 0.3 is 0 Å². The molecule has 0 fully saturated rings. The van der Waals surface area contributed by atoms with E-state index in [0.717, 1.165) is 0 Å². The molecule has 1 amide bonds. The average Bonchev–Trinajstić information content (AvgIpc) is 2.55. The molecule has 4 N–H and O–H groups in total. The fourth-order valence-corrected chi connectivity index (χ4v) is 3.40. The van der Waals surface area contributed by atoms with Gasteiger partial charge in [-0.1, -0.05) is 42.5 Å². The molecule has 0 heterocycles. The number of hydrogen-bond donors (Lipinski definition) is 3. The zero-order chi connectivity index (χ0) is 17.3. The molecule has 0 bridgehead atoms. The fourth-order valence-electron chi connectivity index (χ4n) is 2.51. The van der Waals surface area contributed by atoms with Gasteiger partial charge in [-0.3, -0.25) is 9.35 Å². The highest BCUT2D eigenvalue weighted by Gasteiger charge is 2.23. The van der Waals surface area contributed by atoms with Gasteiger partial charge in [0.2, 0.25) is 0 Å². The first kappa shape index (κ1) is 16.0. The molecule has 7 heteroatoms. The minimum Gasteiger partial charge on any atom is -0.397 e. The highest BCUT2D eigenvalue weighted by molar-refractivity contribution is 7.86. The second-order valence-corrected chi connectivity index (χ2v) is 6.54. The van der Waals surface area contributed by atoms with Crippen LogP contribution in [0.25, 0.3) is 10.8 Å². The van der Waals surface area contributed by atoms with Gasteiger partial charge < -0.3 is 11.1 Å². The predicted octanol–water partition coefficient (Wildman–Crippen LogP) is 2.92. The lowest BCUT2D eigenvalue weighted by Gasteiger charge is -2.15. The number of fused-ring (bicyclic) bond motifs is 1. The molecule has 0 saturated heterocycles. The topological polar surface area (TPSA) is 109 Å². The number of carbonyl (C=O) groups is 1. The Balaban J connectivity index is 2.21. The number of amides is 1. The molecule has 0 radical (unpaired) electrons. The van der Waals surface area contributed by atoms with E-state index in [0.29, 0.717) is 10.9 Å². The Morgan fingerprint density at radius 3 is 2.29 bits per heavy atom. The van der Waals surface area contributed by atoms with E-state index < -0.39 is 20.9 Å². The van der Waals surface area contributed by atoms with Crippen LogP contribution in [0.2, 0.25) is 0 Å². The van der Waals surface area contributed by atoms with Gasteiger partial charge in [-0.2, -0.15) is 8.42 Å². The lowest BCUT2D eigenvalue weighted by molar-refractivity contribution is 0.102. The number of rotatable bonds is 3. The van der Waals surface area contributed by atoms with Gasteiger partial charge in [0.1, 0.15) is 4.90 Å². The van der Waals surface area contributed by atoms with Crippen LogP contribution in [0.15, 0.2) is 65.6 Å². The molecule has 3 aromatic carbocycles. The number of nitrogens with two attached hydrogens (primary N) is 1. The molecule has 3 aromatic rings. The van der Waals surface area contributed by atoms with Crippen molar-refractivity contribution in [3.63, 3.8) is 0 Å². The van der Waals surface area contributed by atoms with Crippen molar-refractivity contribution in [2.75, 3.05) is 11.1 Å². The van der Waals surface area contributed by atoms with E-state index in [2.05, 4.69) is 5.32 Å². The SMILES string of the molecule is Nc1cc2ccccc2c(S(=O)(=O)O)c1NC(=O)c1ccccc1. The number of carbonyl (C=O) groups excluding carboxylic acids is 1. The molecule has 3 rings (SSSR count). The van der Waals surface area contributed by atoms with Crippen molar-refractivity contribution < 1.29 is 17.8 Å². The third kappa shape index (κ3) is 2.94. The minimum atomic E-state index is -4.61. The van der Waals surface area contributed by atoms with E-state index in [-0.39, 0.29) is 16.8 Å². The molecule has 0 saturated carbocycles. The Hall–Kier alpha value is -2.90. The smallest absolute Gasteiger partial charge is 0.297 e. The van der Waals surface area contributed by atoms with Gasteiger partial charge in [-0.05, 0) is 23.6 Å². The summed E-state index contributed by atoms with van der Waals surface area (Å²) in [4.78, 5) is 11.9. The van der Waals surface area contributed by atoms with Crippen LogP contribution < -0.4 is 11.1 Å². The summed E-state index contributed by atoms with van der Waals surface area (Å²) in [7, 11) is -4.61. The molecule has 0 unspecified atom stereocenters. The summed E-state index contributed by atoms with van der Waals surface area (Å²) >= 11 is 0. The van der Waals surface area contributed by atoms with Crippen LogP contribution in [0.5, 0.6) is 0 Å². The molecular weight excluding hydrogens is 328 g/mol. The van der Waals surface area contributed by atoms with Crippen LogP contribution in [0.4, 0.5) is 11.4 Å². The first-order valence-corrected chi connectivity index (χ1v) is 8.47. The van der Waals surface area contributed by atoms with E-state index in [9.17, 15) is 17.8 Å². The summed E-state index contributed by atoms with van der Waals surface area (Å²) in [6, 6.07) is 16.4. The van der Waals surface area contributed by atoms with Gasteiger partial charge in [0, 0.05) is 10.9 Å². The predicted molar refractivity (Wildman–Crippen MR) is 92.6 cm³/mol. The Morgan fingerprint density at radius 1 is 1.00 bits per heavy atom. The van der Waals surface area contributed by atoms with Crippen molar-refractivity contribution >= 4 is 38.2 Å². The largest absolute Gasteiger partial charge is 0.397 e. The van der Waals surface area contributed by atoms with Gasteiger partial charge in [-0.25, -0.2) is 0 Å². The molecule has 0 atom stereocenters. The van der Waals surface area contributed by atoms with E-state index in [1.54, 1.807) is 54.6 Å². The van der Waals surface area contributed by atoms with Crippen LogP contribution in [0.1, 0.15) is 10.4 Å². The first-order valence-electron chi connectivity index (χ1n) is 7.03. The summed E-state index contributed by atoms with van der Waals surface area (Å²) in [6.45, 7) is 0. The van der Waals surface area contributed by atoms with Gasteiger partial charge in [0.25, 0.3) is 16.0 Å². The summed E-state index contributed by atoms with van der Waals surface area (Å²) in [5, 5.41) is 3.31. The Kier molecular flexibility index (Phi) is 3.96. The molecular formula is C17H14N2O4S. The van der Waals surface area contributed by atoms with Gasteiger partial charge in [0.05, 0.1) is 11.4 Å². The summed E-state index contributed by atoms with van der Waals surface area (Å²) < 4.78 is 33.4. The monoisotopic (exact) mass is 342 g/mol. The minimum absolute atomic E-state index is 0.0469. The van der Waals surface area contributed by atoms with Crippen molar-refractivity contribution in [2.45, 2.75) is 4.90 Å². The summed E-state index contributed by atoms with van der Waals surface area (Å²) in [6.07, 6.45) is 0. The highest BCUT2D eigenvalue weighted by atomic mass is 32.2. The average molecular weight is 342 g/mol. The molecule has 0 spiro atoms. The highest BCUT2D eigenvalue weighted by Crippen LogP contribution is 2.35. The van der Waals surface area contributed by atoms with Gasteiger partial charge in [-0.15, -0.1) is 0 Å². The number of nitrogen functional groups attached to an aromatic ring is 1. The molecule has 0 aromatic heterocycles. The maximum atomic E-state index is 12.3. The third-order valence-corrected chi connectivity index (χ3v) is 4.50. The first-order chi connectivity index (χ1) is 11.4. The second-order valence-electron chi connectivity index (χ2n) is 5.19. The van der Waals surface area contributed by atoms with Crippen LogP contribution in [0, 0.1) is 0 Å². The number of hydrogen-bond acceptors (Lipinski definition) is 4. The third-order valence-electron chi connectivity index (χ3n) is 3.56. The van der Waals surface area contributed by atoms with Crippen molar-refractivity contribution in [1.29, 1.82) is 0 Å². The van der Waals surface area contributed by atoms with Crippen LogP contribution in [-0.2, 0) is 10.1 Å². The Labute approximate surface area is 138 Å². The van der Waals surface area contributed by atoms with Gasteiger partial charge in [0.15, 0.2) is 0 Å². The normalized spacial score (nSPS) is 11.4. The van der Waals surface area contributed by atoms with Crippen molar-refractivity contribution in [3.05, 3.63) is 66.2 Å². The second kappa shape index (κ2) is 5.95. The standard InChI is InChI=1S/C17H14N2O4S/c18-14-10-12-8-4-5-9-13(12)16(24(21,22)23)15(14)19-17(20)11-6-2-1-3-7-11/h1-10H,18H2,(H,19,20)(H,21,22,23). The Morgan fingerprint density at radius 2 is 1.62 bits per heavy atom. The van der Waals surface area contributed by atoms with E-state index in [4.69, 9.17) is 5.73 Å². The molecule has 0 aliphatic rings. The zero-order valence-corrected chi connectivity index (χ0v) is 13.2. The van der Waals surface area contributed by atoms with E-state index in [1.807, 2.05) is 0 Å². The van der Waals surface area contributed by atoms with Crippen molar-refractivity contribution in [2.24, 2.45) is 0 Å². The summed E-state index contributed by atoms with van der Waals surface area (Å²) in [5.74, 6) is -0.525. The molecule has 0 aliphatic carbocycles. The van der Waals surface area contributed by atoms with Crippen molar-refractivity contribution in [3.8, 4) is 0 Å². The van der Waals surface area contributed by atoms with E-state index in [1.165, 1.54) is 6.07 Å². The number of benzene rings is 3. The van der Waals surface area contributed by atoms with E-state index >= 15 is 0 Å². The summed E-state index contributed by atoms with van der Waals surface area (Å²) in [5.41, 5.74) is 6.17. The number of anilines is 2. The molecule has 24 heavy (non-hydrogen) atoms. The maximum Gasteiger partial charge on any atom is 0.297 e. The zero-order valence-electron chi connectivity index (χ0n) is 12.4. The Bertz CT molecular complexity index is 1030. The molecule has 0 aliphatic heterocycles. The lowest BCUT2D eigenvalue weighted by atomic mass is 10.1. The maximum absolute atomic E-state index is 12.3. The quantitative estimate of drug-likeness (QED) is 0.501. The molecule has 122 valence electrons. The molecule has 6 nitrogen and oxygen atoms in total. The van der Waals surface area contributed by atoms with Crippen molar-refractivity contribution in [1.82, 2.24) is 0 Å². The number of nitrogens with one attached hydrogen (secondary N) is 1. The van der Waals surface area contributed by atoms with Crippen LogP contribution in [0.3, 0.4) is 0 Å². The fraction of sp³-hybridized carbons (Fsp3) is 0. The van der Waals surface area contributed by atoms with Crippen LogP contribution >= 0.6 is 0 Å².